The molecule has 8 heteroatoms. The Hall–Kier alpha value is -3.55. The molecule has 3 N–H and O–H groups in total. The Morgan fingerprint density at radius 2 is 1.39 bits per heavy atom. The van der Waals surface area contributed by atoms with Crippen molar-refractivity contribution < 1.29 is 23.9 Å². The molecule has 0 aliphatic heterocycles. The van der Waals surface area contributed by atoms with Gasteiger partial charge in [0, 0.05) is 19.4 Å². The fraction of sp³-hybridized carbons (Fsp3) is 0.250. The van der Waals surface area contributed by atoms with E-state index in [1.165, 1.54) is 7.11 Å². The maximum Gasteiger partial charge on any atom is 0.276 e. The highest BCUT2D eigenvalue weighted by atomic mass is 16.5. The Bertz CT molecular complexity index is 795. The molecular formula is C20H23N3O5. The van der Waals surface area contributed by atoms with Crippen molar-refractivity contribution in [3.63, 3.8) is 0 Å². The minimum absolute atomic E-state index is 0.0201. The van der Waals surface area contributed by atoms with Crippen molar-refractivity contribution in [3.05, 3.63) is 60.2 Å². The number of hydrogen-bond donors (Lipinski definition) is 3. The van der Waals surface area contributed by atoms with Crippen molar-refractivity contribution in [2.24, 2.45) is 0 Å². The van der Waals surface area contributed by atoms with Crippen LogP contribution in [0.4, 0.5) is 0 Å². The molecule has 0 heterocycles. The summed E-state index contributed by atoms with van der Waals surface area (Å²) in [6, 6.07) is 16.4. The summed E-state index contributed by atoms with van der Waals surface area (Å²) >= 11 is 0. The van der Waals surface area contributed by atoms with E-state index in [1.807, 2.05) is 30.3 Å². The van der Waals surface area contributed by atoms with Crippen molar-refractivity contribution in [3.8, 4) is 11.5 Å². The van der Waals surface area contributed by atoms with Crippen LogP contribution in [0.2, 0.25) is 0 Å². The zero-order valence-electron chi connectivity index (χ0n) is 15.6. The molecule has 0 saturated heterocycles. The Morgan fingerprint density at radius 1 is 0.786 bits per heavy atom. The van der Waals surface area contributed by atoms with Crippen molar-refractivity contribution in [1.82, 2.24) is 16.2 Å². The fourth-order valence-electron chi connectivity index (χ4n) is 2.23. The second-order valence-electron chi connectivity index (χ2n) is 5.80. The van der Waals surface area contributed by atoms with Crippen molar-refractivity contribution in [1.29, 1.82) is 0 Å². The monoisotopic (exact) mass is 385 g/mol. The predicted molar refractivity (Wildman–Crippen MR) is 102 cm³/mol. The Kier molecular flexibility index (Phi) is 8.32. The first-order valence-electron chi connectivity index (χ1n) is 8.72. The van der Waals surface area contributed by atoms with Gasteiger partial charge in [-0.3, -0.25) is 25.2 Å². The maximum atomic E-state index is 11.8. The minimum atomic E-state index is -0.534. The highest BCUT2D eigenvalue weighted by Crippen LogP contribution is 2.25. The lowest BCUT2D eigenvalue weighted by Crippen LogP contribution is -2.44. The van der Waals surface area contributed by atoms with Crippen LogP contribution in [0.15, 0.2) is 54.6 Å². The topological polar surface area (TPSA) is 106 Å². The molecule has 0 unspecified atom stereocenters. The summed E-state index contributed by atoms with van der Waals surface area (Å²) in [7, 11) is 1.50. The number of ether oxygens (including phenoxy) is 2. The molecule has 2 aromatic rings. The van der Waals surface area contributed by atoms with Crippen LogP contribution in [-0.4, -0.2) is 31.4 Å². The van der Waals surface area contributed by atoms with E-state index in [-0.39, 0.29) is 25.4 Å². The van der Waals surface area contributed by atoms with Gasteiger partial charge in [-0.05, 0) is 17.7 Å². The molecule has 0 saturated carbocycles. The lowest BCUT2D eigenvalue weighted by molar-refractivity contribution is -0.131. The Morgan fingerprint density at radius 3 is 2.11 bits per heavy atom. The smallest absolute Gasteiger partial charge is 0.276 e. The summed E-state index contributed by atoms with van der Waals surface area (Å²) in [6.07, 6.45) is -0.0273. The van der Waals surface area contributed by atoms with Crippen LogP contribution in [0.5, 0.6) is 11.5 Å². The molecule has 0 aromatic heterocycles. The molecule has 28 heavy (non-hydrogen) atoms. The van der Waals surface area contributed by atoms with Gasteiger partial charge in [0.15, 0.2) is 18.1 Å². The van der Waals surface area contributed by atoms with E-state index < -0.39 is 11.8 Å². The van der Waals surface area contributed by atoms with Crippen molar-refractivity contribution >= 4 is 17.7 Å². The SMILES string of the molecule is COc1ccccc1OCC(=O)NNC(=O)CCC(=O)NCc1ccccc1. The number of amides is 3. The number of para-hydroxylation sites is 2. The van der Waals surface area contributed by atoms with Crippen molar-refractivity contribution in [2.45, 2.75) is 19.4 Å². The van der Waals surface area contributed by atoms with Crippen molar-refractivity contribution in [2.75, 3.05) is 13.7 Å². The number of hydrogen-bond acceptors (Lipinski definition) is 5. The average molecular weight is 385 g/mol. The number of nitrogens with one attached hydrogen (secondary N) is 3. The lowest BCUT2D eigenvalue weighted by atomic mass is 10.2. The predicted octanol–water partition coefficient (Wildman–Crippen LogP) is 1.32. The molecule has 0 bridgehead atoms. The zero-order valence-corrected chi connectivity index (χ0v) is 15.6. The first-order chi connectivity index (χ1) is 13.6. The third kappa shape index (κ3) is 7.36. The van der Waals surface area contributed by atoms with Crippen LogP contribution in [-0.2, 0) is 20.9 Å². The number of benzene rings is 2. The van der Waals surface area contributed by atoms with Gasteiger partial charge in [0.25, 0.3) is 5.91 Å². The van der Waals surface area contributed by atoms with Crippen LogP contribution in [0.25, 0.3) is 0 Å². The highest BCUT2D eigenvalue weighted by molar-refractivity contribution is 5.86. The van der Waals surface area contributed by atoms with Crippen LogP contribution in [0.1, 0.15) is 18.4 Å². The number of carbonyl (C=O) groups excluding carboxylic acids is 3. The first kappa shape index (κ1) is 20.8. The van der Waals surface area contributed by atoms with Crippen LogP contribution in [0.3, 0.4) is 0 Å². The third-order valence-corrected chi connectivity index (χ3v) is 3.68. The van der Waals surface area contributed by atoms with Gasteiger partial charge in [-0.15, -0.1) is 0 Å². The summed E-state index contributed by atoms with van der Waals surface area (Å²) in [5.74, 6) is -0.333. The highest BCUT2D eigenvalue weighted by Gasteiger charge is 2.10. The van der Waals surface area contributed by atoms with E-state index in [4.69, 9.17) is 9.47 Å². The molecule has 0 aliphatic rings. The third-order valence-electron chi connectivity index (χ3n) is 3.68. The maximum absolute atomic E-state index is 11.8. The van der Waals surface area contributed by atoms with Crippen LogP contribution < -0.4 is 25.6 Å². The second kappa shape index (κ2) is 11.2. The minimum Gasteiger partial charge on any atom is -0.493 e. The molecule has 0 fully saturated rings. The van der Waals surface area contributed by atoms with Gasteiger partial charge in [-0.2, -0.15) is 0 Å². The van der Waals surface area contributed by atoms with E-state index in [0.29, 0.717) is 18.0 Å². The first-order valence-corrected chi connectivity index (χ1v) is 8.72. The van der Waals surface area contributed by atoms with Gasteiger partial charge in [-0.1, -0.05) is 42.5 Å². The van der Waals surface area contributed by atoms with Crippen LogP contribution in [0, 0.1) is 0 Å². The molecule has 2 rings (SSSR count). The van der Waals surface area contributed by atoms with E-state index in [2.05, 4.69) is 16.2 Å². The number of hydrazine groups is 1. The molecule has 8 nitrogen and oxygen atoms in total. The molecule has 0 radical (unpaired) electrons. The summed E-state index contributed by atoms with van der Waals surface area (Å²) in [5.41, 5.74) is 5.46. The molecule has 148 valence electrons. The molecule has 0 aliphatic carbocycles. The van der Waals surface area contributed by atoms with Gasteiger partial charge in [0.2, 0.25) is 11.8 Å². The van der Waals surface area contributed by atoms with E-state index in [1.54, 1.807) is 24.3 Å². The van der Waals surface area contributed by atoms with E-state index in [0.717, 1.165) is 5.56 Å². The standard InChI is InChI=1S/C20H23N3O5/c1-27-16-9-5-6-10-17(16)28-14-20(26)23-22-19(25)12-11-18(24)21-13-15-7-3-2-4-8-15/h2-10H,11-14H2,1H3,(H,21,24)(H,22,25)(H,23,26). The largest absolute Gasteiger partial charge is 0.493 e. The fourth-order valence-corrected chi connectivity index (χ4v) is 2.23. The molecule has 0 atom stereocenters. The van der Waals surface area contributed by atoms with E-state index in [9.17, 15) is 14.4 Å². The Balaban J connectivity index is 1.61. The molecular weight excluding hydrogens is 362 g/mol. The lowest BCUT2D eigenvalue weighted by Gasteiger charge is -2.11. The molecule has 2 aromatic carbocycles. The normalized spacial score (nSPS) is 9.89. The summed E-state index contributed by atoms with van der Waals surface area (Å²) in [4.78, 5) is 35.2. The number of rotatable bonds is 9. The van der Waals surface area contributed by atoms with Gasteiger partial charge >= 0.3 is 0 Å². The summed E-state index contributed by atoms with van der Waals surface area (Å²) < 4.78 is 10.5. The van der Waals surface area contributed by atoms with Gasteiger partial charge in [-0.25, -0.2) is 0 Å². The second-order valence-corrected chi connectivity index (χ2v) is 5.80. The van der Waals surface area contributed by atoms with Crippen LogP contribution >= 0.6 is 0 Å². The quantitative estimate of drug-likeness (QED) is 0.565. The van der Waals surface area contributed by atoms with Gasteiger partial charge < -0.3 is 14.8 Å². The van der Waals surface area contributed by atoms with Gasteiger partial charge in [0.1, 0.15) is 0 Å². The molecule has 3 amide bonds. The van der Waals surface area contributed by atoms with E-state index >= 15 is 0 Å². The summed E-state index contributed by atoms with van der Waals surface area (Å²) in [6.45, 7) is 0.108. The Labute approximate surface area is 163 Å². The van der Waals surface area contributed by atoms with Gasteiger partial charge in [0.05, 0.1) is 7.11 Å². The zero-order chi connectivity index (χ0) is 20.2. The average Bonchev–Trinajstić information content (AvgIpc) is 2.74. The number of carbonyl (C=O) groups is 3. The number of methoxy groups -OCH3 is 1. The molecule has 0 spiro atoms. The summed E-state index contributed by atoms with van der Waals surface area (Å²) in [5, 5.41) is 2.73.